The minimum Gasteiger partial charge on any atom is -0.482 e. The number of aryl methyl sites for hydroxylation is 1. The highest BCUT2D eigenvalue weighted by molar-refractivity contribution is 5.77. The lowest BCUT2D eigenvalue weighted by Gasteiger charge is -2.26. The Morgan fingerprint density at radius 3 is 2.41 bits per heavy atom. The number of ether oxygens (including phenoxy) is 2. The van der Waals surface area contributed by atoms with Gasteiger partial charge in [-0.3, -0.25) is 0 Å². The molecule has 44 heavy (non-hydrogen) atoms. The van der Waals surface area contributed by atoms with Crippen molar-refractivity contribution in [3.8, 4) is 17.6 Å². The Morgan fingerprint density at radius 2 is 1.77 bits per heavy atom. The van der Waals surface area contributed by atoms with Crippen LogP contribution in [0.3, 0.4) is 0 Å². The van der Waals surface area contributed by atoms with Gasteiger partial charge in [-0.2, -0.15) is 0 Å². The minimum atomic E-state index is -0.444. The number of carbonyl (C=O) groups excluding carboxylic acids is 2. The molecule has 2 amide bonds. The Morgan fingerprint density at radius 1 is 1.00 bits per heavy atom. The minimum absolute atomic E-state index is 0.133. The lowest BCUT2D eigenvalue weighted by atomic mass is 9.96. The molecule has 228 valence electrons. The van der Waals surface area contributed by atoms with E-state index in [-0.39, 0.29) is 24.5 Å². The molecule has 1 N–H and O–H groups in total. The second-order valence-corrected chi connectivity index (χ2v) is 11.0. The van der Waals surface area contributed by atoms with Gasteiger partial charge in [-0.15, -0.1) is 6.58 Å². The molecule has 2 atom stereocenters. The first-order valence-corrected chi connectivity index (χ1v) is 15.3. The number of nitrogens with zero attached hydrogens (tertiary/aromatic N) is 1. The predicted octanol–water partition coefficient (Wildman–Crippen LogP) is 7.29. The summed E-state index contributed by atoms with van der Waals surface area (Å²) in [6.45, 7) is 6.76. The summed E-state index contributed by atoms with van der Waals surface area (Å²) >= 11 is 0. The molecule has 0 saturated carbocycles. The van der Waals surface area contributed by atoms with E-state index in [1.54, 1.807) is 17.0 Å². The average molecular weight is 591 g/mol. The number of nitrogens with one attached hydrogen (secondary N) is 1. The third kappa shape index (κ3) is 10.2. The molecule has 2 aliphatic rings. The van der Waals surface area contributed by atoms with Crippen LogP contribution < -0.4 is 10.1 Å². The fourth-order valence-electron chi connectivity index (χ4n) is 4.84. The van der Waals surface area contributed by atoms with Gasteiger partial charge in [0, 0.05) is 30.3 Å². The van der Waals surface area contributed by atoms with E-state index < -0.39 is 5.97 Å². The summed E-state index contributed by atoms with van der Waals surface area (Å²) in [4.78, 5) is 26.7. The molecule has 0 spiro atoms. The zero-order chi connectivity index (χ0) is 31.1. The average Bonchev–Trinajstić information content (AvgIpc) is 3.07. The van der Waals surface area contributed by atoms with Crippen LogP contribution in [0.4, 0.5) is 4.79 Å². The van der Waals surface area contributed by atoms with E-state index in [9.17, 15) is 9.59 Å². The van der Waals surface area contributed by atoms with Gasteiger partial charge in [0.05, 0.1) is 7.11 Å². The monoisotopic (exact) mass is 590 g/mol. The van der Waals surface area contributed by atoms with Crippen molar-refractivity contribution in [2.45, 2.75) is 45.6 Å². The highest BCUT2D eigenvalue weighted by atomic mass is 16.6. The number of allylic oxidation sites excluding steroid dienone is 6. The van der Waals surface area contributed by atoms with Gasteiger partial charge in [0.25, 0.3) is 0 Å². The van der Waals surface area contributed by atoms with E-state index in [0.717, 1.165) is 41.7 Å². The van der Waals surface area contributed by atoms with Gasteiger partial charge < -0.3 is 19.7 Å². The molecule has 0 aromatic heterocycles. The third-order valence-corrected chi connectivity index (χ3v) is 7.58. The normalized spacial score (nSPS) is 17.0. The molecule has 0 aliphatic heterocycles. The van der Waals surface area contributed by atoms with Crippen molar-refractivity contribution in [2.24, 2.45) is 11.8 Å². The summed E-state index contributed by atoms with van der Waals surface area (Å²) < 4.78 is 10.1. The van der Waals surface area contributed by atoms with Crippen molar-refractivity contribution < 1.29 is 19.1 Å². The first-order valence-electron chi connectivity index (χ1n) is 15.3. The van der Waals surface area contributed by atoms with Crippen LogP contribution >= 0.6 is 0 Å². The molecule has 0 radical (unpaired) electrons. The zero-order valence-corrected chi connectivity index (χ0v) is 25.8. The maximum absolute atomic E-state index is 13.5. The standard InChI is InChI=1S/C38H42N2O4/c1-4-6-7-30-8-10-31(11-9-30)12-13-32-14-16-33(17-15-32)26-40(38(42)39-35-22-18-29(5-2)19-23-35)27-34-20-24-36(25-21-34)44-28-37(41)43-3/h5,8-11,14,16-18,20-25,29,32H,2,4,6-7,15,19,26-28H2,1,3H3,(H,39,42). The Balaban J connectivity index is 1.39. The van der Waals surface area contributed by atoms with Crippen molar-refractivity contribution in [3.63, 3.8) is 0 Å². The number of hydrogen-bond acceptors (Lipinski definition) is 4. The van der Waals surface area contributed by atoms with Gasteiger partial charge in [0.15, 0.2) is 6.61 Å². The molecule has 6 nitrogen and oxygen atoms in total. The quantitative estimate of drug-likeness (QED) is 0.160. The Bertz CT molecular complexity index is 1470. The van der Waals surface area contributed by atoms with Crippen molar-refractivity contribution in [1.82, 2.24) is 10.2 Å². The second-order valence-electron chi connectivity index (χ2n) is 11.0. The summed E-state index contributed by atoms with van der Waals surface area (Å²) in [7, 11) is 1.32. The summed E-state index contributed by atoms with van der Waals surface area (Å²) in [5, 5.41) is 3.06. The van der Waals surface area contributed by atoms with Crippen molar-refractivity contribution in [3.05, 3.63) is 126 Å². The molecule has 0 fully saturated rings. The van der Waals surface area contributed by atoms with Gasteiger partial charge in [-0.25, -0.2) is 9.59 Å². The van der Waals surface area contributed by atoms with Crippen LogP contribution in [0.2, 0.25) is 0 Å². The largest absolute Gasteiger partial charge is 0.482 e. The first-order chi connectivity index (χ1) is 21.4. The Labute approximate surface area is 261 Å². The highest BCUT2D eigenvalue weighted by Gasteiger charge is 2.18. The molecular formula is C38H42N2O4. The van der Waals surface area contributed by atoms with Crippen LogP contribution in [-0.4, -0.2) is 37.2 Å². The number of methoxy groups -OCH3 is 1. The number of esters is 1. The fraction of sp³-hybridized carbons (Fsp3) is 0.316. The van der Waals surface area contributed by atoms with Gasteiger partial charge in [0.1, 0.15) is 5.75 Å². The molecule has 2 aliphatic carbocycles. The number of carbonyl (C=O) groups is 2. The van der Waals surface area contributed by atoms with Crippen molar-refractivity contribution in [2.75, 3.05) is 20.3 Å². The maximum atomic E-state index is 13.5. The van der Waals surface area contributed by atoms with Crippen LogP contribution in [-0.2, 0) is 22.5 Å². The third-order valence-electron chi connectivity index (χ3n) is 7.58. The molecule has 2 unspecified atom stereocenters. The fourth-order valence-corrected chi connectivity index (χ4v) is 4.84. The number of unbranched alkanes of at least 4 members (excludes halogenated alkanes) is 1. The SMILES string of the molecule is C=CC1C=CC(NC(=O)N(CC2=CCC(C#Cc3ccc(CCCC)cc3)C=C2)Cc2ccc(OCC(=O)OC)cc2)=CC1. The number of rotatable bonds is 12. The van der Waals surface area contributed by atoms with E-state index in [0.29, 0.717) is 18.8 Å². The molecule has 0 saturated heterocycles. The van der Waals surface area contributed by atoms with Crippen LogP contribution in [0.15, 0.2) is 109 Å². The topological polar surface area (TPSA) is 67.9 Å². The molecule has 0 bridgehead atoms. The number of amides is 2. The first kappa shape index (κ1) is 32.2. The van der Waals surface area contributed by atoms with Crippen LogP contribution in [0.1, 0.15) is 49.3 Å². The van der Waals surface area contributed by atoms with Crippen LogP contribution in [0, 0.1) is 23.7 Å². The van der Waals surface area contributed by atoms with Gasteiger partial charge >= 0.3 is 12.0 Å². The second kappa shape index (κ2) is 16.8. The molecule has 4 rings (SSSR count). The summed E-state index contributed by atoms with van der Waals surface area (Å²) in [6.07, 6.45) is 19.4. The van der Waals surface area contributed by atoms with Crippen LogP contribution in [0.25, 0.3) is 0 Å². The van der Waals surface area contributed by atoms with E-state index in [1.807, 2.05) is 36.4 Å². The highest BCUT2D eigenvalue weighted by Crippen LogP contribution is 2.21. The number of hydrogen-bond donors (Lipinski definition) is 1. The van der Waals surface area contributed by atoms with Gasteiger partial charge in [-0.1, -0.05) is 85.9 Å². The summed E-state index contributed by atoms with van der Waals surface area (Å²) in [5.74, 6) is 7.24. The lowest BCUT2D eigenvalue weighted by molar-refractivity contribution is -0.142. The number of urea groups is 1. The molecule has 6 heteroatoms. The summed E-state index contributed by atoms with van der Waals surface area (Å²) in [6, 6.07) is 15.8. The van der Waals surface area contributed by atoms with E-state index in [1.165, 1.54) is 25.5 Å². The van der Waals surface area contributed by atoms with E-state index in [2.05, 4.69) is 77.9 Å². The molecular weight excluding hydrogens is 548 g/mol. The number of benzene rings is 2. The summed E-state index contributed by atoms with van der Waals surface area (Å²) in [5.41, 5.74) is 5.18. The molecule has 2 aromatic carbocycles. The lowest BCUT2D eigenvalue weighted by Crippen LogP contribution is -2.40. The van der Waals surface area contributed by atoms with Crippen molar-refractivity contribution in [1.29, 1.82) is 0 Å². The zero-order valence-electron chi connectivity index (χ0n) is 25.8. The Kier molecular flexibility index (Phi) is 12.3. The molecule has 0 heterocycles. The van der Waals surface area contributed by atoms with Crippen molar-refractivity contribution >= 4 is 12.0 Å². The van der Waals surface area contributed by atoms with Gasteiger partial charge in [0.2, 0.25) is 0 Å². The Hall–Kier alpha value is -4.76. The van der Waals surface area contributed by atoms with Crippen LogP contribution in [0.5, 0.6) is 5.75 Å². The van der Waals surface area contributed by atoms with E-state index >= 15 is 0 Å². The predicted molar refractivity (Wildman–Crippen MR) is 176 cm³/mol. The van der Waals surface area contributed by atoms with E-state index in [4.69, 9.17) is 4.74 Å². The molecule has 2 aromatic rings. The maximum Gasteiger partial charge on any atom is 0.343 e. The smallest absolute Gasteiger partial charge is 0.343 e. The van der Waals surface area contributed by atoms with Gasteiger partial charge in [-0.05, 0) is 78.6 Å².